The van der Waals surface area contributed by atoms with Gasteiger partial charge in [-0.1, -0.05) is 0 Å². The van der Waals surface area contributed by atoms with Crippen molar-refractivity contribution in [3.05, 3.63) is 0 Å². The zero-order chi connectivity index (χ0) is 17.0. The maximum atomic E-state index is 12.8. The highest BCUT2D eigenvalue weighted by atomic mass is 19.4. The van der Waals surface area contributed by atoms with Crippen molar-refractivity contribution in [1.29, 1.82) is 0 Å². The molecule has 1 amide bonds. The van der Waals surface area contributed by atoms with Crippen LogP contribution in [0.2, 0.25) is 0 Å². The van der Waals surface area contributed by atoms with E-state index in [1.807, 2.05) is 0 Å². The number of carbonyl (C=O) groups is 2. The number of aliphatic carboxylic acids is 1. The quantitative estimate of drug-likeness (QED) is 0.833. The molecular weight excluding hydrogens is 303 g/mol. The summed E-state index contributed by atoms with van der Waals surface area (Å²) in [4.78, 5) is 22.8. The lowest BCUT2D eigenvalue weighted by atomic mass is 9.33. The number of carbonyl (C=O) groups excluding carboxylic acids is 1. The molecule has 2 N–H and O–H groups in total. The first-order chi connectivity index (χ1) is 9.78. The van der Waals surface area contributed by atoms with Gasteiger partial charge in [-0.25, -0.2) is 9.59 Å². The fourth-order valence-electron chi connectivity index (χ4n) is 3.60. The molecule has 3 fully saturated rings. The minimum absolute atomic E-state index is 0.000589. The number of ether oxygens (including phenoxy) is 1. The zero-order valence-electron chi connectivity index (χ0n) is 12.7. The molecule has 1 atom stereocenters. The summed E-state index contributed by atoms with van der Waals surface area (Å²) in [5.41, 5.74) is -3.01. The summed E-state index contributed by atoms with van der Waals surface area (Å²) in [6, 6.07) is -1.23. The van der Waals surface area contributed by atoms with Crippen LogP contribution in [0.3, 0.4) is 0 Å². The summed E-state index contributed by atoms with van der Waals surface area (Å²) >= 11 is 0. The largest absolute Gasteiger partial charge is 0.480 e. The van der Waals surface area contributed by atoms with E-state index in [9.17, 15) is 22.8 Å². The van der Waals surface area contributed by atoms with Crippen LogP contribution in [0.5, 0.6) is 0 Å². The number of carboxylic acids is 1. The van der Waals surface area contributed by atoms with E-state index in [0.717, 1.165) is 0 Å². The van der Waals surface area contributed by atoms with Gasteiger partial charge in [-0.3, -0.25) is 0 Å². The second-order valence-electron chi connectivity index (χ2n) is 7.55. The summed E-state index contributed by atoms with van der Waals surface area (Å²) in [5.74, 6) is -1.27. The molecule has 5 nitrogen and oxygen atoms in total. The fraction of sp³-hybridized carbons (Fsp3) is 0.857. The Labute approximate surface area is 126 Å². The van der Waals surface area contributed by atoms with Gasteiger partial charge in [0.05, 0.1) is 5.41 Å². The number of hydrogen-bond donors (Lipinski definition) is 2. The summed E-state index contributed by atoms with van der Waals surface area (Å²) in [7, 11) is 0. The van der Waals surface area contributed by atoms with Gasteiger partial charge in [0.25, 0.3) is 0 Å². The van der Waals surface area contributed by atoms with Crippen molar-refractivity contribution < 1.29 is 32.6 Å². The fourth-order valence-corrected chi connectivity index (χ4v) is 3.60. The second kappa shape index (κ2) is 4.76. The van der Waals surface area contributed by atoms with Gasteiger partial charge < -0.3 is 15.2 Å². The number of alkyl halides is 3. The van der Waals surface area contributed by atoms with E-state index in [4.69, 9.17) is 9.84 Å². The van der Waals surface area contributed by atoms with Crippen molar-refractivity contribution in [2.24, 2.45) is 10.8 Å². The number of halogens is 3. The first kappa shape index (κ1) is 16.9. The average Bonchev–Trinajstić information content (AvgIpc) is 2.13. The molecule has 2 bridgehead atoms. The molecule has 0 aliphatic heterocycles. The van der Waals surface area contributed by atoms with Crippen LogP contribution in [0.15, 0.2) is 0 Å². The molecule has 3 saturated carbocycles. The zero-order valence-corrected chi connectivity index (χ0v) is 12.7. The van der Waals surface area contributed by atoms with Gasteiger partial charge in [0, 0.05) is 0 Å². The van der Waals surface area contributed by atoms with Gasteiger partial charge >= 0.3 is 18.2 Å². The number of nitrogens with one attached hydrogen (secondary N) is 1. The predicted octanol–water partition coefficient (Wildman–Crippen LogP) is 3.09. The Balaban J connectivity index is 1.91. The standard InChI is InChI=1S/C14H20F3NO4/c1-11(2,3)22-10(21)18-8(9(19)20)4-12-5-13(6-12,7-12)14(15,16)17/h8H,4-7H2,1-3H3,(H,18,21)(H,19,20)/t8-,12?,13?/m0/s1. The Morgan fingerprint density at radius 3 is 2.09 bits per heavy atom. The molecular formula is C14H20F3NO4. The number of amides is 1. The van der Waals surface area contributed by atoms with Crippen LogP contribution in [-0.4, -0.2) is 35.0 Å². The molecule has 0 aromatic rings. The van der Waals surface area contributed by atoms with Gasteiger partial charge in [0.1, 0.15) is 11.6 Å². The van der Waals surface area contributed by atoms with Gasteiger partial charge in [0.15, 0.2) is 0 Å². The second-order valence-corrected chi connectivity index (χ2v) is 7.55. The van der Waals surface area contributed by atoms with Gasteiger partial charge in [-0.2, -0.15) is 13.2 Å². The van der Waals surface area contributed by atoms with Crippen LogP contribution in [0, 0.1) is 10.8 Å². The normalized spacial score (nSPS) is 31.5. The maximum Gasteiger partial charge on any atom is 0.408 e. The minimum atomic E-state index is -4.23. The Morgan fingerprint density at radius 2 is 1.73 bits per heavy atom. The van der Waals surface area contributed by atoms with Gasteiger partial charge in [-0.05, 0) is 51.9 Å². The van der Waals surface area contributed by atoms with Crippen LogP contribution < -0.4 is 5.32 Å². The minimum Gasteiger partial charge on any atom is -0.480 e. The molecule has 0 spiro atoms. The van der Waals surface area contributed by atoms with Crippen molar-refractivity contribution in [2.45, 2.75) is 64.3 Å². The van der Waals surface area contributed by atoms with Crippen LogP contribution in [0.25, 0.3) is 0 Å². The highest BCUT2D eigenvalue weighted by Gasteiger charge is 2.78. The lowest BCUT2D eigenvalue weighted by Crippen LogP contribution is -2.69. The summed E-state index contributed by atoms with van der Waals surface area (Å²) < 4.78 is 43.3. The molecule has 0 unspecified atom stereocenters. The van der Waals surface area contributed by atoms with E-state index in [2.05, 4.69) is 5.32 Å². The summed E-state index contributed by atoms with van der Waals surface area (Å²) in [5, 5.41) is 11.4. The molecule has 0 aromatic carbocycles. The maximum absolute atomic E-state index is 12.8. The molecule has 126 valence electrons. The molecule has 3 aliphatic rings. The molecule has 0 radical (unpaired) electrons. The third-order valence-corrected chi connectivity index (χ3v) is 4.37. The highest BCUT2D eigenvalue weighted by molar-refractivity contribution is 5.80. The first-order valence-electron chi connectivity index (χ1n) is 7.07. The molecule has 3 rings (SSSR count). The van der Waals surface area contributed by atoms with E-state index in [0.29, 0.717) is 0 Å². The van der Waals surface area contributed by atoms with Crippen LogP contribution in [0.1, 0.15) is 46.5 Å². The molecule has 0 heterocycles. The number of hydrogen-bond acceptors (Lipinski definition) is 3. The van der Waals surface area contributed by atoms with Crippen molar-refractivity contribution in [3.8, 4) is 0 Å². The Bertz CT molecular complexity index is 476. The molecule has 0 aromatic heterocycles. The van der Waals surface area contributed by atoms with Crippen LogP contribution in [-0.2, 0) is 9.53 Å². The predicted molar refractivity (Wildman–Crippen MR) is 70.2 cm³/mol. The van der Waals surface area contributed by atoms with Crippen LogP contribution in [0.4, 0.5) is 18.0 Å². The molecule has 3 aliphatic carbocycles. The monoisotopic (exact) mass is 323 g/mol. The van der Waals surface area contributed by atoms with Crippen molar-refractivity contribution >= 4 is 12.1 Å². The third kappa shape index (κ3) is 3.01. The number of rotatable bonds is 4. The molecule has 8 heteroatoms. The van der Waals surface area contributed by atoms with Crippen molar-refractivity contribution in [2.75, 3.05) is 0 Å². The Hall–Kier alpha value is -1.47. The van der Waals surface area contributed by atoms with E-state index in [-0.39, 0.29) is 25.7 Å². The SMILES string of the molecule is CC(C)(C)OC(=O)N[C@@H](CC12CC(C(F)(F)F)(C1)C2)C(=O)O. The highest BCUT2D eigenvalue weighted by Crippen LogP contribution is 2.79. The summed E-state index contributed by atoms with van der Waals surface area (Å²) in [6.07, 6.45) is -5.27. The Kier molecular flexibility index (Phi) is 3.66. The first-order valence-corrected chi connectivity index (χ1v) is 7.07. The topological polar surface area (TPSA) is 75.6 Å². The lowest BCUT2D eigenvalue weighted by Gasteiger charge is -2.71. The number of alkyl carbamates (subject to hydrolysis) is 1. The lowest BCUT2D eigenvalue weighted by molar-refractivity contribution is -0.365. The molecule has 0 saturated heterocycles. The third-order valence-electron chi connectivity index (χ3n) is 4.37. The van der Waals surface area contributed by atoms with Crippen molar-refractivity contribution in [1.82, 2.24) is 5.32 Å². The molecule has 22 heavy (non-hydrogen) atoms. The van der Waals surface area contributed by atoms with E-state index in [1.54, 1.807) is 20.8 Å². The van der Waals surface area contributed by atoms with E-state index >= 15 is 0 Å². The average molecular weight is 323 g/mol. The van der Waals surface area contributed by atoms with E-state index < -0.39 is 40.7 Å². The van der Waals surface area contributed by atoms with E-state index in [1.165, 1.54) is 0 Å². The smallest absolute Gasteiger partial charge is 0.408 e. The van der Waals surface area contributed by atoms with Crippen molar-refractivity contribution in [3.63, 3.8) is 0 Å². The number of carboxylic acid groups (broad SMARTS) is 1. The summed E-state index contributed by atoms with van der Waals surface area (Å²) in [6.45, 7) is 4.91. The Morgan fingerprint density at radius 1 is 1.23 bits per heavy atom. The van der Waals surface area contributed by atoms with Gasteiger partial charge in [-0.15, -0.1) is 0 Å². The van der Waals surface area contributed by atoms with Gasteiger partial charge in [0.2, 0.25) is 0 Å². The van der Waals surface area contributed by atoms with Crippen LogP contribution >= 0.6 is 0 Å².